The van der Waals surface area contributed by atoms with E-state index < -0.39 is 0 Å². The molecule has 7 heteroatoms. The number of hydrogen-bond donors (Lipinski definition) is 1. The van der Waals surface area contributed by atoms with Crippen molar-refractivity contribution in [2.24, 2.45) is 11.1 Å². The first-order valence-electron chi connectivity index (χ1n) is 7.71. The van der Waals surface area contributed by atoms with E-state index in [0.717, 1.165) is 16.3 Å². The number of fused-ring (bicyclic) bond motifs is 1. The standard InChI is InChI=1S/C17H21N3O3S/c1-17(2,8-18)9-20(3)16(21)14-7-19-15(24-14)11-4-5-12-13(6-11)23-10-22-12/h4-7H,8-10,18H2,1-3H3. The van der Waals surface area contributed by atoms with Crippen LogP contribution in [0.4, 0.5) is 0 Å². The largest absolute Gasteiger partial charge is 0.454 e. The normalized spacial score (nSPS) is 13.2. The SMILES string of the molecule is CN(CC(C)(C)CN)C(=O)c1cnc(-c2ccc3c(c2)OCO3)s1. The lowest BCUT2D eigenvalue weighted by Gasteiger charge is -2.28. The van der Waals surface area contributed by atoms with E-state index in [-0.39, 0.29) is 18.1 Å². The van der Waals surface area contributed by atoms with Crippen molar-refractivity contribution in [2.45, 2.75) is 13.8 Å². The predicted molar refractivity (Wildman–Crippen MR) is 93.5 cm³/mol. The smallest absolute Gasteiger partial charge is 0.265 e. The van der Waals surface area contributed by atoms with E-state index in [0.29, 0.717) is 23.7 Å². The fourth-order valence-electron chi connectivity index (χ4n) is 2.50. The molecule has 0 radical (unpaired) electrons. The second-order valence-corrected chi connectivity index (χ2v) is 7.66. The van der Waals surface area contributed by atoms with Gasteiger partial charge in [-0.3, -0.25) is 4.79 Å². The molecule has 0 aliphatic carbocycles. The summed E-state index contributed by atoms with van der Waals surface area (Å²) in [4.78, 5) is 19.3. The van der Waals surface area contributed by atoms with Gasteiger partial charge in [0.2, 0.25) is 6.79 Å². The van der Waals surface area contributed by atoms with E-state index in [2.05, 4.69) is 4.98 Å². The summed E-state index contributed by atoms with van der Waals surface area (Å²) in [5.74, 6) is 1.40. The molecule has 1 aliphatic rings. The fourth-order valence-corrected chi connectivity index (χ4v) is 3.41. The Bertz CT molecular complexity index is 757. The average molecular weight is 347 g/mol. The molecule has 2 heterocycles. The number of aromatic nitrogens is 1. The maximum absolute atomic E-state index is 12.6. The van der Waals surface area contributed by atoms with Gasteiger partial charge in [-0.25, -0.2) is 4.98 Å². The van der Waals surface area contributed by atoms with E-state index in [9.17, 15) is 4.79 Å². The quantitative estimate of drug-likeness (QED) is 0.899. The van der Waals surface area contributed by atoms with Crippen molar-refractivity contribution in [3.8, 4) is 22.1 Å². The van der Waals surface area contributed by atoms with Crippen LogP contribution >= 0.6 is 11.3 Å². The van der Waals surface area contributed by atoms with Crippen LogP contribution in [0.15, 0.2) is 24.4 Å². The van der Waals surface area contributed by atoms with Crippen molar-refractivity contribution in [1.29, 1.82) is 0 Å². The monoisotopic (exact) mass is 347 g/mol. The first-order valence-corrected chi connectivity index (χ1v) is 8.53. The van der Waals surface area contributed by atoms with Gasteiger partial charge in [0.05, 0.1) is 6.20 Å². The highest BCUT2D eigenvalue weighted by atomic mass is 32.1. The minimum absolute atomic E-state index is 0.0407. The Morgan fingerprint density at radius 2 is 2.12 bits per heavy atom. The van der Waals surface area contributed by atoms with Crippen molar-refractivity contribution in [3.05, 3.63) is 29.3 Å². The Kier molecular flexibility index (Phi) is 4.47. The van der Waals surface area contributed by atoms with Gasteiger partial charge in [0, 0.05) is 19.2 Å². The molecule has 1 amide bonds. The third-order valence-corrected chi connectivity index (χ3v) is 4.93. The van der Waals surface area contributed by atoms with E-state index in [1.165, 1.54) is 11.3 Å². The first kappa shape index (κ1) is 16.7. The summed E-state index contributed by atoms with van der Waals surface area (Å²) in [5.41, 5.74) is 6.54. The molecule has 128 valence electrons. The maximum Gasteiger partial charge on any atom is 0.265 e. The molecule has 1 aromatic carbocycles. The predicted octanol–water partition coefficient (Wildman–Crippen LogP) is 2.60. The van der Waals surface area contributed by atoms with Crippen LogP contribution in [0, 0.1) is 5.41 Å². The molecule has 0 spiro atoms. The van der Waals surface area contributed by atoms with E-state index >= 15 is 0 Å². The summed E-state index contributed by atoms with van der Waals surface area (Å²) in [6.07, 6.45) is 1.62. The topological polar surface area (TPSA) is 77.7 Å². The van der Waals surface area contributed by atoms with Gasteiger partial charge in [0.1, 0.15) is 9.88 Å². The van der Waals surface area contributed by atoms with Crippen molar-refractivity contribution in [3.63, 3.8) is 0 Å². The number of carbonyl (C=O) groups excluding carboxylic acids is 1. The molecular formula is C17H21N3O3S. The number of thiazole rings is 1. The zero-order valence-electron chi connectivity index (χ0n) is 14.0. The van der Waals surface area contributed by atoms with Crippen molar-refractivity contribution in [2.75, 3.05) is 26.9 Å². The van der Waals surface area contributed by atoms with E-state index in [1.54, 1.807) is 18.1 Å². The van der Waals surface area contributed by atoms with Gasteiger partial charge in [-0.1, -0.05) is 13.8 Å². The molecule has 1 aromatic heterocycles. The van der Waals surface area contributed by atoms with Gasteiger partial charge in [0.25, 0.3) is 5.91 Å². The molecule has 2 N–H and O–H groups in total. The van der Waals surface area contributed by atoms with Gasteiger partial charge >= 0.3 is 0 Å². The summed E-state index contributed by atoms with van der Waals surface area (Å²) in [6.45, 7) is 5.44. The van der Waals surface area contributed by atoms with Crippen LogP contribution in [0.25, 0.3) is 10.6 Å². The van der Waals surface area contributed by atoms with Gasteiger partial charge in [-0.2, -0.15) is 0 Å². The summed E-state index contributed by atoms with van der Waals surface area (Å²) >= 11 is 1.37. The Morgan fingerprint density at radius 3 is 2.88 bits per heavy atom. The van der Waals surface area contributed by atoms with Crippen LogP contribution in [-0.2, 0) is 0 Å². The van der Waals surface area contributed by atoms with Crippen LogP contribution in [-0.4, -0.2) is 42.7 Å². The first-order chi connectivity index (χ1) is 11.4. The Morgan fingerprint density at radius 1 is 1.38 bits per heavy atom. The zero-order chi connectivity index (χ0) is 17.3. The fraction of sp³-hybridized carbons (Fsp3) is 0.412. The summed E-state index contributed by atoms with van der Waals surface area (Å²) in [5, 5.41) is 0.781. The Balaban J connectivity index is 1.76. The number of benzene rings is 1. The van der Waals surface area contributed by atoms with Gasteiger partial charge in [-0.05, 0) is 30.2 Å². The molecule has 3 rings (SSSR count). The zero-order valence-corrected chi connectivity index (χ0v) is 14.9. The molecule has 1 aliphatic heterocycles. The number of carbonyl (C=O) groups is 1. The van der Waals surface area contributed by atoms with Crippen molar-refractivity contribution < 1.29 is 14.3 Å². The third kappa shape index (κ3) is 3.37. The summed E-state index contributed by atoms with van der Waals surface area (Å²) in [6, 6.07) is 5.66. The van der Waals surface area contributed by atoms with Crippen LogP contribution < -0.4 is 15.2 Å². The Hall–Kier alpha value is -2.12. The number of ether oxygens (including phenoxy) is 2. The van der Waals surface area contributed by atoms with Crippen LogP contribution in [0.1, 0.15) is 23.5 Å². The van der Waals surface area contributed by atoms with Gasteiger partial charge < -0.3 is 20.1 Å². The van der Waals surface area contributed by atoms with Crippen LogP contribution in [0.5, 0.6) is 11.5 Å². The highest BCUT2D eigenvalue weighted by Gasteiger charge is 2.23. The molecule has 6 nitrogen and oxygen atoms in total. The van der Waals surface area contributed by atoms with Crippen LogP contribution in [0.3, 0.4) is 0 Å². The minimum Gasteiger partial charge on any atom is -0.454 e. The molecule has 0 saturated heterocycles. The van der Waals surface area contributed by atoms with Crippen LogP contribution in [0.2, 0.25) is 0 Å². The lowest BCUT2D eigenvalue weighted by molar-refractivity contribution is 0.0745. The number of hydrogen-bond acceptors (Lipinski definition) is 6. The number of rotatable bonds is 5. The molecule has 0 atom stereocenters. The lowest BCUT2D eigenvalue weighted by atomic mass is 9.93. The third-order valence-electron chi connectivity index (χ3n) is 3.90. The summed E-state index contributed by atoms with van der Waals surface area (Å²) in [7, 11) is 1.79. The second kappa shape index (κ2) is 6.41. The molecule has 2 aromatic rings. The van der Waals surface area contributed by atoms with Crippen molar-refractivity contribution >= 4 is 17.2 Å². The molecular weight excluding hydrogens is 326 g/mol. The van der Waals surface area contributed by atoms with E-state index in [1.807, 2.05) is 32.0 Å². The highest BCUT2D eigenvalue weighted by Crippen LogP contribution is 2.37. The average Bonchev–Trinajstić information content (AvgIpc) is 3.22. The lowest BCUT2D eigenvalue weighted by Crippen LogP contribution is -2.39. The second-order valence-electron chi connectivity index (χ2n) is 6.63. The van der Waals surface area contributed by atoms with Gasteiger partial charge in [-0.15, -0.1) is 11.3 Å². The molecule has 0 unspecified atom stereocenters. The van der Waals surface area contributed by atoms with Gasteiger partial charge in [0.15, 0.2) is 11.5 Å². The minimum atomic E-state index is -0.116. The molecule has 0 saturated carbocycles. The maximum atomic E-state index is 12.6. The number of nitrogens with zero attached hydrogens (tertiary/aromatic N) is 2. The summed E-state index contributed by atoms with van der Waals surface area (Å²) < 4.78 is 10.7. The van der Waals surface area contributed by atoms with E-state index in [4.69, 9.17) is 15.2 Å². The van der Waals surface area contributed by atoms with Crippen molar-refractivity contribution in [1.82, 2.24) is 9.88 Å². The number of nitrogens with two attached hydrogens (primary N) is 1. The number of amides is 1. The molecule has 0 bridgehead atoms. The molecule has 24 heavy (non-hydrogen) atoms. The molecule has 0 fully saturated rings. The highest BCUT2D eigenvalue weighted by molar-refractivity contribution is 7.16. The Labute approximate surface area is 145 Å².